The Morgan fingerprint density at radius 3 is 2.62 bits per heavy atom. The molecule has 0 bridgehead atoms. The molecular weight excluding hydrogens is 410 g/mol. The third-order valence-electron chi connectivity index (χ3n) is 5.19. The number of benzene rings is 2. The lowest BCUT2D eigenvalue weighted by atomic mass is 9.98. The van der Waals surface area contributed by atoms with E-state index < -0.39 is 16.1 Å². The largest absolute Gasteiger partial charge is 0.360 e. The van der Waals surface area contributed by atoms with Crippen molar-refractivity contribution < 1.29 is 13.2 Å². The van der Waals surface area contributed by atoms with E-state index in [1.807, 2.05) is 6.92 Å². The third kappa shape index (κ3) is 4.42. The number of sulfonamides is 1. The van der Waals surface area contributed by atoms with Crippen LogP contribution in [0.25, 0.3) is 0 Å². The van der Waals surface area contributed by atoms with Crippen molar-refractivity contribution in [3.05, 3.63) is 52.5 Å². The van der Waals surface area contributed by atoms with Crippen molar-refractivity contribution in [1.82, 2.24) is 4.31 Å². The van der Waals surface area contributed by atoms with E-state index in [1.54, 1.807) is 6.07 Å². The Bertz CT molecular complexity index is 1040. The van der Waals surface area contributed by atoms with Crippen LogP contribution in [-0.4, -0.2) is 45.3 Å². The molecule has 29 heavy (non-hydrogen) atoms. The van der Waals surface area contributed by atoms with E-state index in [-0.39, 0.29) is 15.8 Å². The summed E-state index contributed by atoms with van der Waals surface area (Å²) >= 11 is 6.09. The Morgan fingerprint density at radius 2 is 1.93 bits per heavy atom. The summed E-state index contributed by atoms with van der Waals surface area (Å²) in [6.07, 6.45) is 1.99. The molecule has 0 saturated carbocycles. The molecule has 2 aromatic carbocycles. The highest BCUT2D eigenvalue weighted by Gasteiger charge is 2.27. The van der Waals surface area contributed by atoms with Gasteiger partial charge in [0, 0.05) is 32.0 Å². The molecule has 1 N–H and O–H groups in total. The number of nitrogens with zero attached hydrogens (tertiary/aromatic N) is 2. The smallest absolute Gasteiger partial charge is 0.246 e. The first-order chi connectivity index (χ1) is 13.6. The molecule has 1 amide bonds. The second-order valence-electron chi connectivity index (χ2n) is 7.53. The van der Waals surface area contributed by atoms with E-state index >= 15 is 0 Å². The van der Waals surface area contributed by atoms with Crippen LogP contribution in [0.4, 0.5) is 11.4 Å². The van der Waals surface area contributed by atoms with E-state index in [9.17, 15) is 13.2 Å². The van der Waals surface area contributed by atoms with Gasteiger partial charge in [-0.25, -0.2) is 12.7 Å². The summed E-state index contributed by atoms with van der Waals surface area (Å²) in [5.41, 5.74) is 3.93. The molecule has 2 aromatic rings. The van der Waals surface area contributed by atoms with Gasteiger partial charge in [-0.05, 0) is 56.5 Å². The highest BCUT2D eigenvalue weighted by Crippen LogP contribution is 2.30. The second kappa shape index (κ2) is 8.34. The van der Waals surface area contributed by atoms with Gasteiger partial charge in [0.05, 0.1) is 5.02 Å². The van der Waals surface area contributed by atoms with Crippen molar-refractivity contribution in [2.45, 2.75) is 37.6 Å². The van der Waals surface area contributed by atoms with Gasteiger partial charge in [0.1, 0.15) is 10.9 Å². The number of nitrogens with one attached hydrogen (secondary N) is 1. The predicted octanol–water partition coefficient (Wildman–Crippen LogP) is 3.68. The quantitative estimate of drug-likeness (QED) is 0.777. The van der Waals surface area contributed by atoms with Crippen LogP contribution in [0.1, 0.15) is 24.5 Å². The van der Waals surface area contributed by atoms with Gasteiger partial charge in [-0.2, -0.15) is 0 Å². The second-order valence-corrected chi connectivity index (χ2v) is 10.1. The number of aryl methyl sites for hydroxylation is 2. The van der Waals surface area contributed by atoms with Gasteiger partial charge in [0.2, 0.25) is 15.9 Å². The Hall–Kier alpha value is -2.09. The molecule has 6 nitrogen and oxygen atoms in total. The van der Waals surface area contributed by atoms with Crippen LogP contribution < -0.4 is 10.2 Å². The minimum atomic E-state index is -3.71. The number of amides is 1. The van der Waals surface area contributed by atoms with Crippen molar-refractivity contribution in [2.75, 3.05) is 30.9 Å². The van der Waals surface area contributed by atoms with Crippen molar-refractivity contribution in [3.8, 4) is 0 Å². The maximum absolute atomic E-state index is 12.9. The molecule has 1 aliphatic rings. The van der Waals surface area contributed by atoms with Gasteiger partial charge in [-0.3, -0.25) is 4.79 Å². The monoisotopic (exact) mass is 435 g/mol. The van der Waals surface area contributed by atoms with Crippen molar-refractivity contribution in [2.24, 2.45) is 0 Å². The van der Waals surface area contributed by atoms with Gasteiger partial charge in [-0.15, -0.1) is 0 Å². The summed E-state index contributed by atoms with van der Waals surface area (Å²) in [6, 6.07) is 10.4. The van der Waals surface area contributed by atoms with E-state index in [4.69, 9.17) is 11.6 Å². The summed E-state index contributed by atoms with van der Waals surface area (Å²) in [5.74, 6) is -0.200. The van der Waals surface area contributed by atoms with Crippen molar-refractivity contribution in [3.63, 3.8) is 0 Å². The lowest BCUT2D eigenvalue weighted by Crippen LogP contribution is -2.44. The molecule has 0 aliphatic carbocycles. The molecule has 0 fully saturated rings. The number of hydrogen-bond acceptors (Lipinski definition) is 4. The number of anilines is 2. The summed E-state index contributed by atoms with van der Waals surface area (Å²) in [6.45, 7) is 4.72. The van der Waals surface area contributed by atoms with Gasteiger partial charge in [-0.1, -0.05) is 29.3 Å². The molecule has 8 heteroatoms. The molecule has 0 unspecified atom stereocenters. The fraction of sp³-hybridized carbons (Fsp3) is 0.381. The molecule has 156 valence electrons. The van der Waals surface area contributed by atoms with Gasteiger partial charge < -0.3 is 10.2 Å². The molecule has 3 rings (SSSR count). The molecule has 0 aromatic heterocycles. The number of carbonyl (C=O) groups is 1. The highest BCUT2D eigenvalue weighted by molar-refractivity contribution is 7.89. The first-order valence-corrected chi connectivity index (χ1v) is 11.3. The topological polar surface area (TPSA) is 69.7 Å². The normalized spacial score (nSPS) is 15.2. The Balaban J connectivity index is 1.83. The fourth-order valence-electron chi connectivity index (χ4n) is 3.52. The van der Waals surface area contributed by atoms with E-state index in [2.05, 4.69) is 35.3 Å². The summed E-state index contributed by atoms with van der Waals surface area (Å²) < 4.78 is 26.0. The summed E-state index contributed by atoms with van der Waals surface area (Å²) in [5, 5.41) is 2.95. The van der Waals surface area contributed by atoms with E-state index in [0.29, 0.717) is 5.69 Å². The first kappa shape index (κ1) is 21.6. The lowest BCUT2D eigenvalue weighted by Gasteiger charge is -2.35. The van der Waals surface area contributed by atoms with E-state index in [0.717, 1.165) is 29.4 Å². The molecule has 1 heterocycles. The van der Waals surface area contributed by atoms with Gasteiger partial charge in [0.25, 0.3) is 0 Å². The minimum absolute atomic E-state index is 0.0339. The van der Waals surface area contributed by atoms with Gasteiger partial charge in [0.15, 0.2) is 0 Å². The van der Waals surface area contributed by atoms with Crippen molar-refractivity contribution in [1.29, 1.82) is 0 Å². The Labute approximate surface area is 177 Å². The van der Waals surface area contributed by atoms with E-state index in [1.165, 1.54) is 37.4 Å². The zero-order chi connectivity index (χ0) is 21.3. The predicted molar refractivity (Wildman–Crippen MR) is 117 cm³/mol. The Kier molecular flexibility index (Phi) is 6.22. The first-order valence-electron chi connectivity index (χ1n) is 9.50. The van der Waals surface area contributed by atoms with Gasteiger partial charge >= 0.3 is 0 Å². The third-order valence-corrected chi connectivity index (χ3v) is 7.49. The number of hydrogen-bond donors (Lipinski definition) is 1. The molecule has 0 saturated heterocycles. The maximum atomic E-state index is 12.9. The van der Waals surface area contributed by atoms with Crippen LogP contribution in [0.3, 0.4) is 0 Å². The summed E-state index contributed by atoms with van der Waals surface area (Å²) in [7, 11) is -0.833. The highest BCUT2D eigenvalue weighted by atomic mass is 35.5. The van der Waals surface area contributed by atoms with Crippen LogP contribution >= 0.6 is 11.6 Å². The molecule has 1 aliphatic heterocycles. The number of carbonyl (C=O) groups excluding carboxylic acids is 1. The van der Waals surface area contributed by atoms with Crippen LogP contribution in [-0.2, 0) is 21.2 Å². The SMILES string of the molecule is Cc1ccc2c(c1)CCCN2[C@H](C)C(=O)Nc1ccc(Cl)c(S(=O)(=O)N(C)C)c1. The average Bonchev–Trinajstić information content (AvgIpc) is 2.67. The van der Waals surface area contributed by atoms with Crippen molar-refractivity contribution >= 4 is 38.9 Å². The average molecular weight is 436 g/mol. The zero-order valence-corrected chi connectivity index (χ0v) is 18.6. The number of fused-ring (bicyclic) bond motifs is 1. The fourth-order valence-corrected chi connectivity index (χ4v) is 4.91. The molecular formula is C21H26ClN3O3S. The minimum Gasteiger partial charge on any atom is -0.360 e. The number of rotatable bonds is 5. The lowest BCUT2D eigenvalue weighted by molar-refractivity contribution is -0.117. The Morgan fingerprint density at radius 1 is 1.21 bits per heavy atom. The molecule has 0 spiro atoms. The van der Waals surface area contributed by atoms with Crippen LogP contribution in [0.2, 0.25) is 5.02 Å². The number of halogens is 1. The van der Waals surface area contributed by atoms with Crippen LogP contribution in [0.5, 0.6) is 0 Å². The summed E-state index contributed by atoms with van der Waals surface area (Å²) in [4.78, 5) is 15.0. The molecule has 1 atom stereocenters. The zero-order valence-electron chi connectivity index (χ0n) is 17.1. The maximum Gasteiger partial charge on any atom is 0.246 e. The van der Waals surface area contributed by atoms with Crippen LogP contribution in [0, 0.1) is 6.92 Å². The van der Waals surface area contributed by atoms with Crippen LogP contribution in [0.15, 0.2) is 41.3 Å². The molecule has 0 radical (unpaired) electrons. The standard InChI is InChI=1S/C21H26ClN3O3S/c1-14-7-10-19-16(12-14)6-5-11-25(19)15(2)21(26)23-17-8-9-18(22)20(13-17)29(27,28)24(3)4/h7-10,12-13,15H,5-6,11H2,1-4H3,(H,23,26)/t15-/m1/s1.